The second-order valence-electron chi connectivity index (χ2n) is 7.78. The zero-order valence-electron chi connectivity index (χ0n) is 19.6. The van der Waals surface area contributed by atoms with Crippen LogP contribution in [-0.4, -0.2) is 40.7 Å². The fraction of sp³-hybridized carbons (Fsp3) is 0.148. The molecule has 9 heteroatoms. The van der Waals surface area contributed by atoms with E-state index in [2.05, 4.69) is 4.99 Å². The number of aromatic carboxylic acids is 1. The minimum Gasteiger partial charge on any atom is -0.490 e. The molecule has 3 aromatic carbocycles. The summed E-state index contributed by atoms with van der Waals surface area (Å²) in [5.41, 5.74) is 2.13. The summed E-state index contributed by atoms with van der Waals surface area (Å²) < 4.78 is 24.8. The molecule has 4 rings (SSSR count). The fourth-order valence-electron chi connectivity index (χ4n) is 3.37. The molecule has 0 spiro atoms. The van der Waals surface area contributed by atoms with E-state index in [9.17, 15) is 19.1 Å². The van der Waals surface area contributed by atoms with Gasteiger partial charge in [0.25, 0.3) is 5.91 Å². The predicted molar refractivity (Wildman–Crippen MR) is 137 cm³/mol. The molecule has 0 unspecified atom stereocenters. The number of carboxylic acid groups (broad SMARTS) is 1. The van der Waals surface area contributed by atoms with Crippen molar-refractivity contribution in [1.29, 1.82) is 0 Å². The number of hydrogen-bond acceptors (Lipinski definition) is 6. The Morgan fingerprint density at radius 1 is 1.08 bits per heavy atom. The van der Waals surface area contributed by atoms with E-state index < -0.39 is 5.97 Å². The minimum atomic E-state index is -1.05. The van der Waals surface area contributed by atoms with Crippen LogP contribution in [0.1, 0.15) is 28.4 Å². The molecule has 0 bridgehead atoms. The number of amides is 1. The van der Waals surface area contributed by atoms with Gasteiger partial charge in [-0.1, -0.05) is 24.3 Å². The largest absolute Gasteiger partial charge is 0.490 e. The molecule has 3 aromatic rings. The second-order valence-corrected chi connectivity index (χ2v) is 8.79. The second kappa shape index (κ2) is 11.1. The van der Waals surface area contributed by atoms with Crippen molar-refractivity contribution in [3.8, 4) is 11.5 Å². The first-order valence-corrected chi connectivity index (χ1v) is 11.9. The van der Waals surface area contributed by atoms with Crippen LogP contribution in [0.2, 0.25) is 0 Å². The molecule has 1 heterocycles. The van der Waals surface area contributed by atoms with Gasteiger partial charge in [0.1, 0.15) is 12.4 Å². The Kier molecular flexibility index (Phi) is 7.70. The molecule has 1 N–H and O–H groups in total. The number of amidine groups is 1. The Morgan fingerprint density at radius 2 is 1.86 bits per heavy atom. The van der Waals surface area contributed by atoms with E-state index in [-0.39, 0.29) is 23.9 Å². The molecule has 7 nitrogen and oxygen atoms in total. The van der Waals surface area contributed by atoms with E-state index >= 15 is 0 Å². The quantitative estimate of drug-likeness (QED) is 0.392. The van der Waals surface area contributed by atoms with Gasteiger partial charge in [-0.25, -0.2) is 14.2 Å². The lowest BCUT2D eigenvalue weighted by Gasteiger charge is -2.13. The van der Waals surface area contributed by atoms with Crippen molar-refractivity contribution < 1.29 is 28.6 Å². The van der Waals surface area contributed by atoms with E-state index in [0.717, 1.165) is 11.1 Å². The van der Waals surface area contributed by atoms with Gasteiger partial charge in [-0.3, -0.25) is 9.69 Å². The van der Waals surface area contributed by atoms with E-state index in [1.165, 1.54) is 40.9 Å². The average Bonchev–Trinajstić information content (AvgIpc) is 3.12. The molecule has 36 heavy (non-hydrogen) atoms. The highest BCUT2D eigenvalue weighted by atomic mass is 32.2. The van der Waals surface area contributed by atoms with Gasteiger partial charge in [0.05, 0.1) is 22.8 Å². The van der Waals surface area contributed by atoms with E-state index in [1.54, 1.807) is 49.5 Å². The van der Waals surface area contributed by atoms with Crippen LogP contribution in [0.4, 0.5) is 10.1 Å². The smallest absolute Gasteiger partial charge is 0.335 e. The summed E-state index contributed by atoms with van der Waals surface area (Å²) in [6.45, 7) is 2.54. The third kappa shape index (κ3) is 5.92. The van der Waals surface area contributed by atoms with Crippen molar-refractivity contribution in [3.05, 3.63) is 94.1 Å². The molecule has 184 valence electrons. The summed E-state index contributed by atoms with van der Waals surface area (Å²) in [6.07, 6.45) is 1.74. The van der Waals surface area contributed by atoms with Crippen molar-refractivity contribution in [1.82, 2.24) is 4.90 Å². The highest BCUT2D eigenvalue weighted by molar-refractivity contribution is 8.18. The van der Waals surface area contributed by atoms with Crippen molar-refractivity contribution in [2.75, 3.05) is 13.7 Å². The van der Waals surface area contributed by atoms with Crippen LogP contribution in [0.25, 0.3) is 6.08 Å². The molecule has 1 amide bonds. The number of hydrogen-bond donors (Lipinski definition) is 1. The van der Waals surface area contributed by atoms with Crippen molar-refractivity contribution in [3.63, 3.8) is 0 Å². The first-order chi connectivity index (χ1) is 17.3. The van der Waals surface area contributed by atoms with Crippen LogP contribution in [0.5, 0.6) is 11.5 Å². The molecule has 1 saturated heterocycles. The molecule has 0 aliphatic carbocycles. The minimum absolute atomic E-state index is 0.120. The molecule has 0 radical (unpaired) electrons. The number of thioether (sulfide) groups is 1. The van der Waals surface area contributed by atoms with Gasteiger partial charge in [-0.2, -0.15) is 0 Å². The maximum Gasteiger partial charge on any atom is 0.335 e. The third-order valence-electron chi connectivity index (χ3n) is 5.19. The highest BCUT2D eigenvalue weighted by Crippen LogP contribution is 2.35. The van der Waals surface area contributed by atoms with Crippen LogP contribution >= 0.6 is 11.8 Å². The molecule has 1 aliphatic rings. The normalized spacial score (nSPS) is 15.5. The number of nitrogens with zero attached hydrogens (tertiary/aromatic N) is 2. The standard InChI is InChI=1S/C27H23FN2O5S/c1-3-34-23-13-18(9-12-22(23)35-16-17-7-10-20(28)11-8-17)14-24-25(31)30(2)27(36-24)29-21-6-4-5-19(15-21)26(32)33/h4-15H,3,16H2,1-2H3,(H,32,33). The molecular formula is C27H23FN2O5S. The molecule has 0 saturated carbocycles. The van der Waals surface area contributed by atoms with Crippen LogP contribution in [0.15, 0.2) is 76.6 Å². The summed E-state index contributed by atoms with van der Waals surface area (Å²) in [5, 5.41) is 9.63. The van der Waals surface area contributed by atoms with Gasteiger partial charge in [-0.15, -0.1) is 0 Å². The van der Waals surface area contributed by atoms with Gasteiger partial charge in [-0.05, 0) is 78.4 Å². The Bertz CT molecular complexity index is 1350. The maximum absolute atomic E-state index is 13.1. The van der Waals surface area contributed by atoms with Crippen LogP contribution in [0, 0.1) is 5.82 Å². The van der Waals surface area contributed by atoms with E-state index in [4.69, 9.17) is 9.47 Å². The van der Waals surface area contributed by atoms with Crippen molar-refractivity contribution in [2.45, 2.75) is 13.5 Å². The molecular weight excluding hydrogens is 483 g/mol. The summed E-state index contributed by atoms with van der Waals surface area (Å²) in [4.78, 5) is 30.4. The van der Waals surface area contributed by atoms with E-state index in [0.29, 0.717) is 33.9 Å². The first-order valence-electron chi connectivity index (χ1n) is 11.1. The number of benzene rings is 3. The predicted octanol–water partition coefficient (Wildman–Crippen LogP) is 5.74. The van der Waals surface area contributed by atoms with Crippen LogP contribution in [0.3, 0.4) is 0 Å². The van der Waals surface area contributed by atoms with Crippen molar-refractivity contribution >= 4 is 40.6 Å². The summed E-state index contributed by atoms with van der Waals surface area (Å²) in [6, 6.07) is 17.7. The number of aliphatic imine (C=N–C) groups is 1. The number of carboxylic acids is 1. The topological polar surface area (TPSA) is 88.4 Å². The lowest BCUT2D eigenvalue weighted by molar-refractivity contribution is -0.121. The van der Waals surface area contributed by atoms with Crippen molar-refractivity contribution in [2.24, 2.45) is 4.99 Å². The van der Waals surface area contributed by atoms with Gasteiger partial charge >= 0.3 is 5.97 Å². The molecule has 1 aliphatic heterocycles. The summed E-state index contributed by atoms with van der Waals surface area (Å²) >= 11 is 1.20. The lowest BCUT2D eigenvalue weighted by Crippen LogP contribution is -2.23. The lowest BCUT2D eigenvalue weighted by atomic mass is 10.1. The maximum atomic E-state index is 13.1. The van der Waals surface area contributed by atoms with Gasteiger partial charge in [0.2, 0.25) is 0 Å². The number of carbonyl (C=O) groups is 2. The van der Waals surface area contributed by atoms with E-state index in [1.807, 2.05) is 13.0 Å². The SMILES string of the molecule is CCOc1cc(C=C2SC(=Nc3cccc(C(=O)O)c3)N(C)C2=O)ccc1OCc1ccc(F)cc1. The zero-order chi connectivity index (χ0) is 25.7. The number of ether oxygens (including phenoxy) is 2. The monoisotopic (exact) mass is 506 g/mol. The number of halogens is 1. The van der Waals surface area contributed by atoms with Gasteiger partial charge in [0, 0.05) is 7.05 Å². The van der Waals surface area contributed by atoms with Crippen LogP contribution in [-0.2, 0) is 11.4 Å². The third-order valence-corrected chi connectivity index (χ3v) is 6.25. The number of rotatable bonds is 8. The zero-order valence-corrected chi connectivity index (χ0v) is 20.4. The van der Waals surface area contributed by atoms with Gasteiger partial charge < -0.3 is 14.6 Å². The number of carbonyl (C=O) groups excluding carboxylic acids is 1. The molecule has 0 aromatic heterocycles. The summed E-state index contributed by atoms with van der Waals surface area (Å²) in [5.74, 6) is -0.513. The molecule has 0 atom stereocenters. The van der Waals surface area contributed by atoms with Gasteiger partial charge in [0.15, 0.2) is 16.7 Å². The van der Waals surface area contributed by atoms with Crippen LogP contribution < -0.4 is 9.47 Å². The number of likely N-dealkylation sites (N-methyl/N-ethyl adjacent to an activating group) is 1. The Balaban J connectivity index is 1.54. The molecule has 1 fully saturated rings. The average molecular weight is 507 g/mol. The highest BCUT2D eigenvalue weighted by Gasteiger charge is 2.30. The Labute approximate surface area is 211 Å². The Hall–Kier alpha value is -4.11. The fourth-order valence-corrected chi connectivity index (χ4v) is 4.35. The Morgan fingerprint density at radius 3 is 2.58 bits per heavy atom. The first kappa shape index (κ1) is 25.0. The summed E-state index contributed by atoms with van der Waals surface area (Å²) in [7, 11) is 1.62.